The fourth-order valence-electron chi connectivity index (χ4n) is 1.98. The fraction of sp³-hybridized carbons (Fsp3) is 0.750. The summed E-state index contributed by atoms with van der Waals surface area (Å²) in [5.41, 5.74) is 1.72. The molecule has 0 nitrogen and oxygen atoms in total. The maximum absolute atomic E-state index is 2.68. The van der Waals surface area contributed by atoms with Crippen molar-refractivity contribution in [2.24, 2.45) is 0 Å². The first-order chi connectivity index (χ1) is 6.21. The van der Waals surface area contributed by atoms with Crippen molar-refractivity contribution in [1.29, 1.82) is 0 Å². The Balaban J connectivity index is 2.71. The molecule has 14 heavy (non-hydrogen) atoms. The van der Waals surface area contributed by atoms with E-state index in [4.69, 9.17) is 0 Å². The lowest BCUT2D eigenvalue weighted by Gasteiger charge is -2.30. The average molecular weight is 226 g/mol. The predicted octanol–water partition coefficient (Wildman–Crippen LogP) is 4.57. The topological polar surface area (TPSA) is 0 Å². The van der Waals surface area contributed by atoms with Crippen molar-refractivity contribution in [3.05, 3.63) is 18.6 Å². The van der Waals surface area contributed by atoms with Gasteiger partial charge in [-0.15, -0.1) is 0 Å². The molecule has 0 fully saturated rings. The van der Waals surface area contributed by atoms with Crippen LogP contribution in [0.4, 0.5) is 0 Å². The second-order valence-electron chi connectivity index (χ2n) is 6.72. The van der Waals surface area contributed by atoms with Crippen LogP contribution in [0.1, 0.15) is 6.42 Å². The highest BCUT2D eigenvalue weighted by molar-refractivity contribution is 6.80. The van der Waals surface area contributed by atoms with E-state index in [0.29, 0.717) is 0 Å². The highest BCUT2D eigenvalue weighted by atomic mass is 28.3. The summed E-state index contributed by atoms with van der Waals surface area (Å²) < 4.78 is 0. The lowest BCUT2D eigenvalue weighted by molar-refractivity contribution is 0.839. The summed E-state index contributed by atoms with van der Waals surface area (Å²) in [5, 5.41) is 0. The zero-order valence-electron chi connectivity index (χ0n) is 10.6. The van der Waals surface area contributed by atoms with Crippen molar-refractivity contribution in [2.75, 3.05) is 0 Å². The van der Waals surface area contributed by atoms with Crippen LogP contribution in [0.2, 0.25) is 50.4 Å². The maximum Gasteiger partial charge on any atom is 0.107 e. The van der Waals surface area contributed by atoms with Crippen LogP contribution in [0.5, 0.6) is 0 Å². The first-order valence-electron chi connectivity index (χ1n) is 5.73. The predicted molar refractivity (Wildman–Crippen MR) is 72.2 cm³/mol. The molecule has 0 radical (unpaired) electrons. The molecule has 0 aliphatic heterocycles. The van der Waals surface area contributed by atoms with E-state index in [2.05, 4.69) is 57.9 Å². The summed E-state index contributed by atoms with van der Waals surface area (Å²) in [5.74, 6) is 0. The van der Waals surface area contributed by atoms with Gasteiger partial charge in [-0.25, -0.2) is 0 Å². The van der Waals surface area contributed by atoms with Crippen LogP contribution in [0.3, 0.4) is 0 Å². The maximum atomic E-state index is 2.68. The Morgan fingerprint density at radius 1 is 1.00 bits per heavy atom. The molecular formula is C12H25Si2+. The van der Waals surface area contributed by atoms with Crippen LogP contribution in [-0.2, 0) is 0 Å². The van der Waals surface area contributed by atoms with E-state index in [0.717, 1.165) is 11.1 Å². The SMILES string of the molecule is C[Si](C)(C)C1C=CCC([Si](C)(C)C)[CH+]1. The van der Waals surface area contributed by atoms with Gasteiger partial charge < -0.3 is 0 Å². The average Bonchev–Trinajstić information content (AvgIpc) is 2.01. The van der Waals surface area contributed by atoms with Gasteiger partial charge in [-0.1, -0.05) is 45.4 Å². The largest absolute Gasteiger partial charge is 0.107 e. The van der Waals surface area contributed by atoms with Gasteiger partial charge in [0.15, 0.2) is 0 Å². The minimum atomic E-state index is -0.997. The Morgan fingerprint density at radius 3 is 2.00 bits per heavy atom. The normalized spacial score (nSPS) is 28.7. The van der Waals surface area contributed by atoms with Crippen LogP contribution in [0, 0.1) is 6.42 Å². The molecule has 0 spiro atoms. The minimum absolute atomic E-state index is 0.813. The van der Waals surface area contributed by atoms with E-state index < -0.39 is 16.1 Å². The summed E-state index contributed by atoms with van der Waals surface area (Å²) in [6.07, 6.45) is 8.88. The van der Waals surface area contributed by atoms with Gasteiger partial charge in [0.1, 0.15) is 21.7 Å². The molecule has 1 aliphatic rings. The van der Waals surface area contributed by atoms with Crippen LogP contribution < -0.4 is 0 Å². The molecule has 2 unspecified atom stereocenters. The second-order valence-corrected chi connectivity index (χ2v) is 17.6. The Bertz CT molecular complexity index is 217. The molecule has 0 aromatic rings. The Labute approximate surface area is 91.8 Å². The Hall–Kier alpha value is 0.0438. The molecule has 80 valence electrons. The highest BCUT2D eigenvalue weighted by Crippen LogP contribution is 2.41. The lowest BCUT2D eigenvalue weighted by Crippen LogP contribution is -2.36. The van der Waals surface area contributed by atoms with Gasteiger partial charge in [0.05, 0.1) is 12.0 Å². The quantitative estimate of drug-likeness (QED) is 0.367. The summed E-state index contributed by atoms with van der Waals surface area (Å²) in [4.78, 5) is 0. The van der Waals surface area contributed by atoms with Crippen LogP contribution >= 0.6 is 0 Å². The minimum Gasteiger partial charge on any atom is -0.0802 e. The summed E-state index contributed by atoms with van der Waals surface area (Å²) >= 11 is 0. The third kappa shape index (κ3) is 3.02. The molecule has 1 rings (SSSR count). The molecule has 0 aromatic heterocycles. The van der Waals surface area contributed by atoms with Gasteiger partial charge in [0.25, 0.3) is 0 Å². The van der Waals surface area contributed by atoms with Crippen molar-refractivity contribution >= 4 is 16.1 Å². The van der Waals surface area contributed by atoms with E-state index in [9.17, 15) is 0 Å². The molecule has 2 heteroatoms. The van der Waals surface area contributed by atoms with E-state index >= 15 is 0 Å². The smallest absolute Gasteiger partial charge is 0.0802 e. The first kappa shape index (κ1) is 12.1. The monoisotopic (exact) mass is 225 g/mol. The van der Waals surface area contributed by atoms with Gasteiger partial charge in [-0.2, -0.15) is 0 Å². The highest BCUT2D eigenvalue weighted by Gasteiger charge is 2.42. The van der Waals surface area contributed by atoms with Crippen LogP contribution in [-0.4, -0.2) is 16.1 Å². The summed E-state index contributed by atoms with van der Waals surface area (Å²) in [6, 6.07) is 0. The Kier molecular flexibility index (Phi) is 3.37. The third-order valence-corrected chi connectivity index (χ3v) is 8.32. The van der Waals surface area contributed by atoms with Crippen LogP contribution in [0.15, 0.2) is 12.2 Å². The van der Waals surface area contributed by atoms with E-state index in [-0.39, 0.29) is 0 Å². The van der Waals surface area contributed by atoms with Crippen molar-refractivity contribution in [1.82, 2.24) is 0 Å². The van der Waals surface area contributed by atoms with Crippen LogP contribution in [0.25, 0.3) is 0 Å². The molecule has 0 heterocycles. The molecule has 0 amide bonds. The van der Waals surface area contributed by atoms with E-state index in [1.807, 2.05) is 0 Å². The third-order valence-electron chi connectivity index (χ3n) is 3.29. The standard InChI is InChI=1S/C12H25Si2/c1-13(2,3)11-8-7-9-12(10-11)14(4,5)6/h7-8,10-12H,9H2,1-6H3/q+1. The molecule has 0 aromatic carbocycles. The van der Waals surface area contributed by atoms with E-state index in [1.165, 1.54) is 6.42 Å². The first-order valence-corrected chi connectivity index (χ1v) is 12.9. The molecule has 0 saturated carbocycles. The second kappa shape index (κ2) is 3.89. The summed E-state index contributed by atoms with van der Waals surface area (Å²) in [7, 11) is -1.96. The summed E-state index contributed by atoms with van der Waals surface area (Å²) in [6.45, 7) is 14.9. The number of allylic oxidation sites excluding steroid dienone is 2. The molecule has 2 atom stereocenters. The fourth-order valence-corrected chi connectivity index (χ4v) is 5.33. The van der Waals surface area contributed by atoms with Crippen molar-refractivity contribution in [3.63, 3.8) is 0 Å². The molecular weight excluding hydrogens is 200 g/mol. The Morgan fingerprint density at radius 2 is 1.57 bits per heavy atom. The zero-order valence-corrected chi connectivity index (χ0v) is 12.6. The van der Waals surface area contributed by atoms with Crippen molar-refractivity contribution in [3.8, 4) is 0 Å². The van der Waals surface area contributed by atoms with Gasteiger partial charge in [0.2, 0.25) is 0 Å². The van der Waals surface area contributed by atoms with Gasteiger partial charge in [0, 0.05) is 6.42 Å². The van der Waals surface area contributed by atoms with Crippen molar-refractivity contribution in [2.45, 2.75) is 56.8 Å². The van der Waals surface area contributed by atoms with Crippen molar-refractivity contribution < 1.29 is 0 Å². The van der Waals surface area contributed by atoms with E-state index in [1.54, 1.807) is 0 Å². The molecule has 1 aliphatic carbocycles. The number of hydrogen-bond donors (Lipinski definition) is 0. The molecule has 0 N–H and O–H groups in total. The van der Waals surface area contributed by atoms with Gasteiger partial charge >= 0.3 is 0 Å². The number of rotatable bonds is 2. The van der Waals surface area contributed by atoms with Gasteiger partial charge in [-0.05, 0) is 6.08 Å². The zero-order chi connectivity index (χ0) is 11.0. The number of hydrogen-bond acceptors (Lipinski definition) is 0. The molecule has 0 saturated heterocycles. The molecule has 0 bridgehead atoms. The van der Waals surface area contributed by atoms with Gasteiger partial charge in [-0.3, -0.25) is 0 Å². The lowest BCUT2D eigenvalue weighted by atomic mass is 10.1.